The molecule has 0 aromatic carbocycles. The quantitative estimate of drug-likeness (QED) is 0.755. The van der Waals surface area contributed by atoms with Gasteiger partial charge in [-0.25, -0.2) is 4.98 Å². The van der Waals surface area contributed by atoms with E-state index in [0.717, 1.165) is 24.6 Å². The molecule has 5 heteroatoms. The van der Waals surface area contributed by atoms with Crippen LogP contribution in [0.2, 0.25) is 0 Å². The van der Waals surface area contributed by atoms with Gasteiger partial charge in [-0.3, -0.25) is 4.90 Å². The van der Waals surface area contributed by atoms with Crippen molar-refractivity contribution in [1.29, 1.82) is 0 Å². The lowest BCUT2D eigenvalue weighted by molar-refractivity contribution is 0.187. The Hall–Kier alpha value is -0.490. The SMILES string of the molecule is CNCCN(C)Cc1ncc(COC)s1. The second kappa shape index (κ2) is 6.90. The molecule has 0 atom stereocenters. The summed E-state index contributed by atoms with van der Waals surface area (Å²) < 4.78 is 5.06. The van der Waals surface area contributed by atoms with E-state index in [9.17, 15) is 0 Å². The lowest BCUT2D eigenvalue weighted by Gasteiger charge is -2.13. The number of nitrogens with one attached hydrogen (secondary N) is 1. The van der Waals surface area contributed by atoms with E-state index in [4.69, 9.17) is 4.74 Å². The zero-order valence-corrected chi connectivity index (χ0v) is 10.4. The van der Waals surface area contributed by atoms with E-state index in [-0.39, 0.29) is 0 Å². The monoisotopic (exact) mass is 229 g/mol. The molecule has 1 heterocycles. The van der Waals surface area contributed by atoms with Crippen LogP contribution in [-0.2, 0) is 17.9 Å². The number of hydrogen-bond acceptors (Lipinski definition) is 5. The summed E-state index contributed by atoms with van der Waals surface area (Å²) in [5, 5.41) is 4.28. The minimum atomic E-state index is 0.665. The average Bonchev–Trinajstić information content (AvgIpc) is 2.63. The topological polar surface area (TPSA) is 37.4 Å². The standard InChI is InChI=1S/C10H19N3OS/c1-11-4-5-13(2)7-10-12-6-9(15-10)8-14-3/h6,11H,4-5,7-8H2,1-3H3. The molecule has 0 aliphatic rings. The minimum absolute atomic E-state index is 0.665. The highest BCUT2D eigenvalue weighted by molar-refractivity contribution is 7.11. The maximum atomic E-state index is 5.06. The molecule has 0 aliphatic carbocycles. The van der Waals surface area contributed by atoms with Gasteiger partial charge in [-0.05, 0) is 14.1 Å². The van der Waals surface area contributed by atoms with Crippen molar-refractivity contribution >= 4 is 11.3 Å². The number of ether oxygens (including phenoxy) is 1. The normalized spacial score (nSPS) is 11.2. The van der Waals surface area contributed by atoms with Crippen LogP contribution in [0, 0.1) is 0 Å². The largest absolute Gasteiger partial charge is 0.379 e. The summed E-state index contributed by atoms with van der Waals surface area (Å²) in [6.45, 7) is 3.62. The molecule has 0 radical (unpaired) electrons. The van der Waals surface area contributed by atoms with Crippen molar-refractivity contribution < 1.29 is 4.74 Å². The maximum absolute atomic E-state index is 5.06. The minimum Gasteiger partial charge on any atom is -0.379 e. The van der Waals surface area contributed by atoms with Crippen LogP contribution in [0.25, 0.3) is 0 Å². The fourth-order valence-corrected chi connectivity index (χ4v) is 2.22. The molecule has 4 nitrogen and oxygen atoms in total. The fourth-order valence-electron chi connectivity index (χ4n) is 1.24. The highest BCUT2D eigenvalue weighted by Gasteiger charge is 2.04. The van der Waals surface area contributed by atoms with E-state index in [2.05, 4.69) is 22.2 Å². The highest BCUT2D eigenvalue weighted by Crippen LogP contribution is 2.14. The maximum Gasteiger partial charge on any atom is 0.107 e. The van der Waals surface area contributed by atoms with Gasteiger partial charge in [-0.1, -0.05) is 0 Å². The smallest absolute Gasteiger partial charge is 0.107 e. The van der Waals surface area contributed by atoms with Crippen molar-refractivity contribution in [2.24, 2.45) is 0 Å². The summed E-state index contributed by atoms with van der Waals surface area (Å²) >= 11 is 1.72. The Kier molecular flexibility index (Phi) is 5.78. The highest BCUT2D eigenvalue weighted by atomic mass is 32.1. The van der Waals surface area contributed by atoms with Crippen molar-refractivity contribution in [2.45, 2.75) is 13.2 Å². The van der Waals surface area contributed by atoms with Gasteiger partial charge in [0.1, 0.15) is 5.01 Å². The first-order chi connectivity index (χ1) is 7.26. The Balaban J connectivity index is 2.35. The van der Waals surface area contributed by atoms with Crippen molar-refractivity contribution in [3.8, 4) is 0 Å². The molecular formula is C10H19N3OS. The van der Waals surface area contributed by atoms with E-state index in [1.54, 1.807) is 18.4 Å². The van der Waals surface area contributed by atoms with E-state index in [1.807, 2.05) is 13.2 Å². The van der Waals surface area contributed by atoms with Gasteiger partial charge in [0, 0.05) is 26.4 Å². The molecular weight excluding hydrogens is 210 g/mol. The first-order valence-corrected chi connectivity index (χ1v) is 5.83. The zero-order valence-electron chi connectivity index (χ0n) is 9.62. The van der Waals surface area contributed by atoms with Crippen LogP contribution in [0.4, 0.5) is 0 Å². The molecule has 0 saturated heterocycles. The number of rotatable bonds is 7. The van der Waals surface area contributed by atoms with E-state index >= 15 is 0 Å². The molecule has 0 amide bonds. The summed E-state index contributed by atoms with van der Waals surface area (Å²) in [6, 6.07) is 0. The van der Waals surface area contributed by atoms with Crippen molar-refractivity contribution in [2.75, 3.05) is 34.3 Å². The Morgan fingerprint density at radius 1 is 1.60 bits per heavy atom. The van der Waals surface area contributed by atoms with Gasteiger partial charge in [-0.2, -0.15) is 0 Å². The molecule has 0 bridgehead atoms. The first kappa shape index (κ1) is 12.6. The number of hydrogen-bond donors (Lipinski definition) is 1. The first-order valence-electron chi connectivity index (χ1n) is 5.02. The number of aromatic nitrogens is 1. The van der Waals surface area contributed by atoms with Crippen LogP contribution in [0.3, 0.4) is 0 Å². The summed E-state index contributed by atoms with van der Waals surface area (Å²) in [5.74, 6) is 0. The van der Waals surface area contributed by atoms with Crippen LogP contribution in [0.5, 0.6) is 0 Å². The van der Waals surface area contributed by atoms with Gasteiger partial charge >= 0.3 is 0 Å². The lowest BCUT2D eigenvalue weighted by Crippen LogP contribution is -2.26. The Morgan fingerprint density at radius 3 is 3.07 bits per heavy atom. The van der Waals surface area contributed by atoms with Crippen LogP contribution in [0.1, 0.15) is 9.88 Å². The average molecular weight is 229 g/mol. The predicted octanol–water partition coefficient (Wildman–Crippen LogP) is 0.941. The molecule has 1 rings (SSSR count). The molecule has 0 spiro atoms. The number of likely N-dealkylation sites (N-methyl/N-ethyl adjacent to an activating group) is 2. The van der Waals surface area contributed by atoms with Gasteiger partial charge in [0.15, 0.2) is 0 Å². The van der Waals surface area contributed by atoms with Crippen LogP contribution in [-0.4, -0.2) is 44.2 Å². The van der Waals surface area contributed by atoms with E-state index < -0.39 is 0 Å². The van der Waals surface area contributed by atoms with Gasteiger partial charge in [0.05, 0.1) is 18.0 Å². The summed E-state index contributed by atoms with van der Waals surface area (Å²) in [6.07, 6.45) is 1.90. The van der Waals surface area contributed by atoms with E-state index in [1.165, 1.54) is 4.88 Å². The van der Waals surface area contributed by atoms with Gasteiger partial charge < -0.3 is 10.1 Å². The second-order valence-corrected chi connectivity index (χ2v) is 4.69. The Labute approximate surface area is 95.3 Å². The third-order valence-corrected chi connectivity index (χ3v) is 2.99. The summed E-state index contributed by atoms with van der Waals surface area (Å²) in [5.41, 5.74) is 0. The fraction of sp³-hybridized carbons (Fsp3) is 0.700. The Bertz CT molecular complexity index is 277. The second-order valence-electron chi connectivity index (χ2n) is 3.49. The van der Waals surface area contributed by atoms with Crippen LogP contribution < -0.4 is 5.32 Å². The van der Waals surface area contributed by atoms with E-state index in [0.29, 0.717) is 6.61 Å². The van der Waals surface area contributed by atoms with Gasteiger partial charge in [0.25, 0.3) is 0 Å². The van der Waals surface area contributed by atoms with Gasteiger partial charge in [0.2, 0.25) is 0 Å². The van der Waals surface area contributed by atoms with Gasteiger partial charge in [-0.15, -0.1) is 11.3 Å². The third-order valence-electron chi connectivity index (χ3n) is 2.04. The molecule has 0 aliphatic heterocycles. The van der Waals surface area contributed by atoms with Crippen molar-refractivity contribution in [3.63, 3.8) is 0 Å². The van der Waals surface area contributed by atoms with Crippen molar-refractivity contribution in [1.82, 2.24) is 15.2 Å². The predicted molar refractivity (Wildman–Crippen MR) is 63.1 cm³/mol. The Morgan fingerprint density at radius 2 is 2.40 bits per heavy atom. The zero-order chi connectivity index (χ0) is 11.1. The lowest BCUT2D eigenvalue weighted by atomic mass is 10.5. The molecule has 1 aromatic rings. The molecule has 1 aromatic heterocycles. The summed E-state index contributed by atoms with van der Waals surface area (Å²) in [7, 11) is 5.78. The molecule has 86 valence electrons. The molecule has 0 unspecified atom stereocenters. The van der Waals surface area contributed by atoms with Crippen molar-refractivity contribution in [3.05, 3.63) is 16.1 Å². The molecule has 1 N–H and O–H groups in total. The molecule has 0 saturated carbocycles. The van der Waals surface area contributed by atoms with Crippen LogP contribution in [0.15, 0.2) is 6.20 Å². The number of nitrogens with zero attached hydrogens (tertiary/aromatic N) is 2. The number of thiazole rings is 1. The van der Waals surface area contributed by atoms with Crippen LogP contribution >= 0.6 is 11.3 Å². The summed E-state index contributed by atoms with van der Waals surface area (Å²) in [4.78, 5) is 7.80. The third kappa shape index (κ3) is 4.70. The molecule has 15 heavy (non-hydrogen) atoms. The number of methoxy groups -OCH3 is 1. The molecule has 0 fully saturated rings.